The Balaban J connectivity index is 1.31. The van der Waals surface area contributed by atoms with E-state index in [1.54, 1.807) is 34.3 Å². The lowest BCUT2D eigenvalue weighted by atomic mass is 9.97. The Labute approximate surface area is 175 Å². The van der Waals surface area contributed by atoms with Crippen LogP contribution in [-0.4, -0.2) is 19.6 Å². The summed E-state index contributed by atoms with van der Waals surface area (Å²) in [5, 5.41) is 5.70. The minimum absolute atomic E-state index is 0.239. The van der Waals surface area contributed by atoms with Crippen molar-refractivity contribution in [3.63, 3.8) is 0 Å². The summed E-state index contributed by atoms with van der Waals surface area (Å²) in [5.41, 5.74) is 2.21. The van der Waals surface area contributed by atoms with Gasteiger partial charge in [-0.3, -0.25) is 0 Å². The quantitative estimate of drug-likeness (QED) is 0.400. The number of aromatic nitrogens is 4. The maximum atomic E-state index is 13.0. The highest BCUT2D eigenvalue weighted by atomic mass is 32.1. The lowest BCUT2D eigenvalue weighted by Gasteiger charge is -2.09. The average molecular weight is 420 g/mol. The molecule has 0 N–H and O–H groups in total. The lowest BCUT2D eigenvalue weighted by molar-refractivity contribution is 0.271. The third kappa shape index (κ3) is 2.95. The van der Waals surface area contributed by atoms with E-state index in [0.717, 1.165) is 28.7 Å². The first-order valence-electron chi connectivity index (χ1n) is 9.88. The molecule has 150 valence electrons. The van der Waals surface area contributed by atoms with Crippen LogP contribution in [-0.2, 0) is 19.4 Å². The first-order valence-corrected chi connectivity index (χ1v) is 10.7. The van der Waals surface area contributed by atoms with Gasteiger partial charge in [0.25, 0.3) is 0 Å². The van der Waals surface area contributed by atoms with Gasteiger partial charge in [-0.05, 0) is 67.6 Å². The third-order valence-corrected chi connectivity index (χ3v) is 6.57. The molecule has 0 atom stereocenters. The minimum atomic E-state index is -0.295. The van der Waals surface area contributed by atoms with Crippen LogP contribution in [0.5, 0.6) is 5.75 Å². The average Bonchev–Trinajstić information content (AvgIpc) is 3.48. The number of rotatable bonds is 4. The summed E-state index contributed by atoms with van der Waals surface area (Å²) in [4.78, 5) is 11.8. The van der Waals surface area contributed by atoms with Crippen molar-refractivity contribution in [2.75, 3.05) is 0 Å². The van der Waals surface area contributed by atoms with Crippen LogP contribution in [0.2, 0.25) is 0 Å². The zero-order valence-electron chi connectivity index (χ0n) is 16.0. The van der Waals surface area contributed by atoms with Crippen LogP contribution in [0.1, 0.15) is 29.0 Å². The molecule has 0 aliphatic heterocycles. The molecule has 4 heterocycles. The van der Waals surface area contributed by atoms with E-state index in [9.17, 15) is 4.39 Å². The maximum Gasteiger partial charge on any atom is 0.217 e. The van der Waals surface area contributed by atoms with Crippen molar-refractivity contribution in [3.05, 3.63) is 64.7 Å². The Hall–Kier alpha value is -3.26. The van der Waals surface area contributed by atoms with E-state index >= 15 is 0 Å². The van der Waals surface area contributed by atoms with Gasteiger partial charge in [-0.2, -0.15) is 0 Å². The number of aryl methyl sites for hydroxylation is 2. The third-order valence-electron chi connectivity index (χ3n) is 5.37. The van der Waals surface area contributed by atoms with Crippen LogP contribution < -0.4 is 4.74 Å². The molecular weight excluding hydrogens is 403 g/mol. The second-order valence-electron chi connectivity index (χ2n) is 7.35. The first-order chi connectivity index (χ1) is 14.7. The van der Waals surface area contributed by atoms with Crippen LogP contribution in [0.25, 0.3) is 27.4 Å². The Kier molecular flexibility index (Phi) is 4.05. The molecule has 1 aromatic carbocycles. The number of benzene rings is 1. The van der Waals surface area contributed by atoms with Gasteiger partial charge in [-0.1, -0.05) is 0 Å². The molecule has 1 aliphatic rings. The fourth-order valence-electron chi connectivity index (χ4n) is 3.92. The molecule has 0 fully saturated rings. The van der Waals surface area contributed by atoms with Crippen molar-refractivity contribution in [1.82, 2.24) is 19.6 Å². The van der Waals surface area contributed by atoms with Gasteiger partial charge >= 0.3 is 0 Å². The van der Waals surface area contributed by atoms with Crippen LogP contribution >= 0.6 is 11.3 Å². The second kappa shape index (κ2) is 6.91. The SMILES string of the molecule is Fc1ccc(OCc2ccc(-c3nc4c5c6c(sc5ncn4n3)CCCC6)o2)cc1. The topological polar surface area (TPSA) is 65.5 Å². The standard InChI is InChI=1S/C22H17FN4O2S/c23-13-5-7-14(8-6-13)28-11-15-9-10-17(29-15)20-25-21-19-16-3-1-2-4-18(16)30-22(19)24-12-27(21)26-20/h5-10,12H,1-4,11H2. The minimum Gasteiger partial charge on any atom is -0.486 e. The molecule has 8 heteroatoms. The van der Waals surface area contributed by atoms with Gasteiger partial charge in [-0.25, -0.2) is 18.9 Å². The van der Waals surface area contributed by atoms with Gasteiger partial charge in [0.2, 0.25) is 5.82 Å². The molecule has 0 bridgehead atoms. The summed E-state index contributed by atoms with van der Waals surface area (Å²) in [7, 11) is 0. The Morgan fingerprint density at radius 3 is 2.87 bits per heavy atom. The summed E-state index contributed by atoms with van der Waals surface area (Å²) in [6, 6.07) is 9.57. The molecule has 0 amide bonds. The molecule has 0 saturated heterocycles. The second-order valence-corrected chi connectivity index (χ2v) is 8.43. The molecule has 5 aromatic rings. The number of furan rings is 1. The van der Waals surface area contributed by atoms with Gasteiger partial charge in [0.15, 0.2) is 11.4 Å². The van der Waals surface area contributed by atoms with E-state index in [-0.39, 0.29) is 12.4 Å². The Morgan fingerprint density at radius 1 is 1.10 bits per heavy atom. The van der Waals surface area contributed by atoms with Crippen molar-refractivity contribution in [1.29, 1.82) is 0 Å². The number of thiophene rings is 1. The number of nitrogens with zero attached hydrogens (tertiary/aromatic N) is 4. The largest absolute Gasteiger partial charge is 0.486 e. The van der Waals surface area contributed by atoms with E-state index in [1.807, 2.05) is 12.1 Å². The van der Waals surface area contributed by atoms with Gasteiger partial charge < -0.3 is 9.15 Å². The van der Waals surface area contributed by atoms with Crippen molar-refractivity contribution in [2.45, 2.75) is 32.3 Å². The zero-order chi connectivity index (χ0) is 20.1. The van der Waals surface area contributed by atoms with Crippen molar-refractivity contribution in [3.8, 4) is 17.3 Å². The number of ether oxygens (including phenoxy) is 1. The van der Waals surface area contributed by atoms with Crippen LogP contribution in [0.4, 0.5) is 4.39 Å². The van der Waals surface area contributed by atoms with E-state index in [4.69, 9.17) is 14.1 Å². The predicted molar refractivity (Wildman–Crippen MR) is 111 cm³/mol. The summed E-state index contributed by atoms with van der Waals surface area (Å²) >= 11 is 1.77. The maximum absolute atomic E-state index is 13.0. The van der Waals surface area contributed by atoms with Crippen molar-refractivity contribution < 1.29 is 13.5 Å². The fraction of sp³-hybridized carbons (Fsp3) is 0.227. The lowest BCUT2D eigenvalue weighted by Crippen LogP contribution is -1.99. The van der Waals surface area contributed by atoms with Gasteiger partial charge in [0.05, 0.1) is 5.39 Å². The van der Waals surface area contributed by atoms with E-state index in [1.165, 1.54) is 35.4 Å². The summed E-state index contributed by atoms with van der Waals surface area (Å²) < 4.78 is 26.3. The van der Waals surface area contributed by atoms with E-state index in [0.29, 0.717) is 23.1 Å². The van der Waals surface area contributed by atoms with Crippen LogP contribution in [0.15, 0.2) is 47.1 Å². The Bertz CT molecular complexity index is 1370. The summed E-state index contributed by atoms with van der Waals surface area (Å²) in [6.07, 6.45) is 6.36. The highest BCUT2D eigenvalue weighted by Gasteiger charge is 2.21. The molecule has 0 spiro atoms. The number of hydrogen-bond donors (Lipinski definition) is 0. The van der Waals surface area contributed by atoms with Gasteiger partial charge in [-0.15, -0.1) is 16.4 Å². The van der Waals surface area contributed by atoms with Crippen molar-refractivity contribution >= 4 is 27.2 Å². The van der Waals surface area contributed by atoms with Crippen LogP contribution in [0, 0.1) is 5.82 Å². The fourth-order valence-corrected chi connectivity index (χ4v) is 5.14. The zero-order valence-corrected chi connectivity index (χ0v) is 16.8. The van der Waals surface area contributed by atoms with Gasteiger partial charge in [0, 0.05) is 4.88 Å². The molecular formula is C22H17FN4O2S. The van der Waals surface area contributed by atoms with Gasteiger partial charge in [0.1, 0.15) is 35.1 Å². The highest BCUT2D eigenvalue weighted by molar-refractivity contribution is 7.19. The molecule has 4 aromatic heterocycles. The monoisotopic (exact) mass is 420 g/mol. The normalized spacial score (nSPS) is 13.8. The number of fused-ring (bicyclic) bond motifs is 5. The molecule has 1 aliphatic carbocycles. The predicted octanol–water partition coefficient (Wildman–Crippen LogP) is 5.20. The molecule has 0 saturated carbocycles. The smallest absolute Gasteiger partial charge is 0.217 e. The van der Waals surface area contributed by atoms with E-state index < -0.39 is 0 Å². The highest BCUT2D eigenvalue weighted by Crippen LogP contribution is 2.37. The molecule has 0 radical (unpaired) electrons. The molecule has 30 heavy (non-hydrogen) atoms. The summed E-state index contributed by atoms with van der Waals surface area (Å²) in [6.45, 7) is 0.239. The molecule has 0 unspecified atom stereocenters. The van der Waals surface area contributed by atoms with Crippen molar-refractivity contribution in [2.24, 2.45) is 0 Å². The molecule has 6 rings (SSSR count). The number of hydrogen-bond acceptors (Lipinski definition) is 6. The number of halogens is 1. The molecule has 6 nitrogen and oxygen atoms in total. The van der Waals surface area contributed by atoms with Crippen LogP contribution in [0.3, 0.4) is 0 Å². The Morgan fingerprint density at radius 2 is 1.97 bits per heavy atom. The summed E-state index contributed by atoms with van der Waals surface area (Å²) in [5.74, 6) is 2.03. The van der Waals surface area contributed by atoms with E-state index in [2.05, 4.69) is 10.1 Å². The first kappa shape index (κ1) is 17.6.